The van der Waals surface area contributed by atoms with Crippen LogP contribution in [0.4, 0.5) is 4.39 Å². The second-order valence-corrected chi connectivity index (χ2v) is 7.00. The summed E-state index contributed by atoms with van der Waals surface area (Å²) in [6, 6.07) is 17.1. The van der Waals surface area contributed by atoms with Crippen LogP contribution in [0.2, 0.25) is 0 Å². The first-order chi connectivity index (χ1) is 10.7. The van der Waals surface area contributed by atoms with Crippen molar-refractivity contribution in [2.75, 3.05) is 0 Å². The van der Waals surface area contributed by atoms with E-state index in [1.807, 2.05) is 42.5 Å². The fourth-order valence-electron chi connectivity index (χ4n) is 2.48. The van der Waals surface area contributed by atoms with E-state index >= 15 is 4.39 Å². The zero-order chi connectivity index (χ0) is 17.3. The Kier molecular flexibility index (Phi) is 4.60. The summed E-state index contributed by atoms with van der Waals surface area (Å²) in [7, 11) is 0. The molecule has 2 aromatic carbocycles. The SMILES string of the molecule is CC(C)(C(=O)O)C(C)(C)C(F)c1ccc(-c2ccccc2)cc1. The average Bonchev–Trinajstić information content (AvgIpc) is 2.54. The molecular weight excluding hydrogens is 291 g/mol. The summed E-state index contributed by atoms with van der Waals surface area (Å²) in [4.78, 5) is 11.5. The number of hydrogen-bond donors (Lipinski definition) is 1. The number of carbonyl (C=O) groups is 1. The summed E-state index contributed by atoms with van der Waals surface area (Å²) in [5.41, 5.74) is 0.373. The van der Waals surface area contributed by atoms with E-state index in [0.29, 0.717) is 5.56 Å². The molecule has 2 nitrogen and oxygen atoms in total. The summed E-state index contributed by atoms with van der Waals surface area (Å²) >= 11 is 0. The molecule has 1 atom stereocenters. The third-order valence-corrected chi connectivity index (χ3v) is 5.09. The molecule has 2 aromatic rings. The summed E-state index contributed by atoms with van der Waals surface area (Å²) < 4.78 is 15.0. The minimum absolute atomic E-state index is 0.504. The third-order valence-electron chi connectivity index (χ3n) is 5.09. The lowest BCUT2D eigenvalue weighted by atomic mass is 9.64. The highest BCUT2D eigenvalue weighted by Gasteiger charge is 2.49. The smallest absolute Gasteiger partial charge is 0.309 e. The third kappa shape index (κ3) is 3.14. The Hall–Kier alpha value is -2.16. The van der Waals surface area contributed by atoms with Gasteiger partial charge in [0.15, 0.2) is 0 Å². The van der Waals surface area contributed by atoms with Crippen LogP contribution in [0.3, 0.4) is 0 Å². The fraction of sp³-hybridized carbons (Fsp3) is 0.350. The van der Waals surface area contributed by atoms with Crippen molar-refractivity contribution >= 4 is 5.97 Å². The van der Waals surface area contributed by atoms with Crippen molar-refractivity contribution in [2.24, 2.45) is 10.8 Å². The van der Waals surface area contributed by atoms with Crippen molar-refractivity contribution in [2.45, 2.75) is 33.9 Å². The van der Waals surface area contributed by atoms with Gasteiger partial charge in [-0.1, -0.05) is 68.4 Å². The van der Waals surface area contributed by atoms with Gasteiger partial charge in [0.1, 0.15) is 6.17 Å². The molecule has 0 saturated heterocycles. The normalized spacial score (nSPS) is 13.6. The van der Waals surface area contributed by atoms with Crippen LogP contribution >= 0.6 is 0 Å². The number of aliphatic carboxylic acids is 1. The van der Waals surface area contributed by atoms with E-state index in [-0.39, 0.29) is 0 Å². The monoisotopic (exact) mass is 314 g/mol. The van der Waals surface area contributed by atoms with Crippen molar-refractivity contribution in [1.82, 2.24) is 0 Å². The van der Waals surface area contributed by atoms with Gasteiger partial charge < -0.3 is 5.11 Å². The zero-order valence-electron chi connectivity index (χ0n) is 14.0. The van der Waals surface area contributed by atoms with Crippen LogP contribution < -0.4 is 0 Å². The van der Waals surface area contributed by atoms with Gasteiger partial charge in [-0.25, -0.2) is 4.39 Å². The maximum atomic E-state index is 15.0. The molecule has 0 spiro atoms. The predicted molar refractivity (Wildman–Crippen MR) is 90.9 cm³/mol. The fourth-order valence-corrected chi connectivity index (χ4v) is 2.48. The predicted octanol–water partition coefficient (Wildman–Crippen LogP) is 5.50. The number of hydrogen-bond acceptors (Lipinski definition) is 1. The molecule has 0 heterocycles. The summed E-state index contributed by atoms with van der Waals surface area (Å²) in [5.74, 6) is -0.994. The van der Waals surface area contributed by atoms with Gasteiger partial charge in [0.2, 0.25) is 0 Å². The number of alkyl halides is 1. The number of halogens is 1. The Balaban J connectivity index is 2.30. The standard InChI is InChI=1S/C20H23FO2/c1-19(2,20(3,4)18(22)23)17(21)16-12-10-15(11-13-16)14-8-6-5-7-9-14/h5-13,17H,1-4H3,(H,22,23). The van der Waals surface area contributed by atoms with E-state index in [4.69, 9.17) is 0 Å². The first kappa shape index (κ1) is 17.2. The van der Waals surface area contributed by atoms with Crippen LogP contribution in [0.5, 0.6) is 0 Å². The molecule has 0 radical (unpaired) electrons. The molecule has 0 aliphatic carbocycles. The van der Waals surface area contributed by atoms with E-state index < -0.39 is 23.0 Å². The van der Waals surface area contributed by atoms with Crippen LogP contribution in [0.1, 0.15) is 39.4 Å². The van der Waals surface area contributed by atoms with E-state index in [1.54, 1.807) is 39.8 Å². The highest BCUT2D eigenvalue weighted by atomic mass is 19.1. The summed E-state index contributed by atoms with van der Waals surface area (Å²) in [5, 5.41) is 9.40. The van der Waals surface area contributed by atoms with E-state index in [1.165, 1.54) is 0 Å². The lowest BCUT2D eigenvalue weighted by molar-refractivity contribution is -0.157. The van der Waals surface area contributed by atoms with Crippen LogP contribution in [0, 0.1) is 10.8 Å². The maximum absolute atomic E-state index is 15.0. The summed E-state index contributed by atoms with van der Waals surface area (Å²) in [6.45, 7) is 6.47. The Morgan fingerprint density at radius 2 is 1.39 bits per heavy atom. The molecule has 23 heavy (non-hydrogen) atoms. The Morgan fingerprint density at radius 1 is 0.913 bits per heavy atom. The van der Waals surface area contributed by atoms with Crippen molar-refractivity contribution in [3.63, 3.8) is 0 Å². The molecule has 0 aliphatic heterocycles. The Bertz CT molecular complexity index is 673. The molecule has 0 aliphatic rings. The highest BCUT2D eigenvalue weighted by Crippen LogP contribution is 2.50. The molecule has 0 bridgehead atoms. The topological polar surface area (TPSA) is 37.3 Å². The van der Waals surface area contributed by atoms with Gasteiger partial charge in [0.05, 0.1) is 5.41 Å². The van der Waals surface area contributed by atoms with E-state index in [9.17, 15) is 9.90 Å². The van der Waals surface area contributed by atoms with Crippen LogP contribution in [0.15, 0.2) is 54.6 Å². The minimum atomic E-state index is -1.36. The minimum Gasteiger partial charge on any atom is -0.481 e. The largest absolute Gasteiger partial charge is 0.481 e. The van der Waals surface area contributed by atoms with Crippen molar-refractivity contribution in [3.8, 4) is 11.1 Å². The van der Waals surface area contributed by atoms with Gasteiger partial charge in [-0.05, 0) is 30.5 Å². The van der Waals surface area contributed by atoms with Crippen molar-refractivity contribution in [1.29, 1.82) is 0 Å². The molecule has 0 amide bonds. The number of carboxylic acids is 1. The second kappa shape index (κ2) is 6.15. The molecular formula is C20H23FO2. The lowest BCUT2D eigenvalue weighted by Gasteiger charge is -2.40. The first-order valence-corrected chi connectivity index (χ1v) is 7.71. The number of benzene rings is 2. The van der Waals surface area contributed by atoms with E-state index in [2.05, 4.69) is 0 Å². The Morgan fingerprint density at radius 3 is 1.87 bits per heavy atom. The van der Waals surface area contributed by atoms with Crippen molar-refractivity contribution in [3.05, 3.63) is 60.2 Å². The van der Waals surface area contributed by atoms with Crippen LogP contribution in [-0.4, -0.2) is 11.1 Å². The quantitative estimate of drug-likeness (QED) is 0.791. The zero-order valence-corrected chi connectivity index (χ0v) is 14.0. The first-order valence-electron chi connectivity index (χ1n) is 7.71. The Labute approximate surface area is 137 Å². The van der Waals surface area contributed by atoms with Gasteiger partial charge in [-0.2, -0.15) is 0 Å². The van der Waals surface area contributed by atoms with Gasteiger partial charge in [0, 0.05) is 5.41 Å². The second-order valence-electron chi connectivity index (χ2n) is 7.00. The molecule has 1 unspecified atom stereocenters. The molecule has 0 saturated carbocycles. The molecule has 1 N–H and O–H groups in total. The van der Waals surface area contributed by atoms with E-state index in [0.717, 1.165) is 11.1 Å². The highest BCUT2D eigenvalue weighted by molar-refractivity contribution is 5.75. The van der Waals surface area contributed by atoms with Crippen LogP contribution in [0.25, 0.3) is 11.1 Å². The van der Waals surface area contributed by atoms with Gasteiger partial charge in [-0.3, -0.25) is 4.79 Å². The molecule has 0 aromatic heterocycles. The lowest BCUT2D eigenvalue weighted by Crippen LogP contribution is -2.42. The molecule has 122 valence electrons. The average molecular weight is 314 g/mol. The van der Waals surface area contributed by atoms with Gasteiger partial charge >= 0.3 is 5.97 Å². The number of carboxylic acid groups (broad SMARTS) is 1. The van der Waals surface area contributed by atoms with Gasteiger partial charge in [0.25, 0.3) is 0 Å². The molecule has 0 fully saturated rings. The molecule has 2 rings (SSSR count). The maximum Gasteiger partial charge on any atom is 0.309 e. The van der Waals surface area contributed by atoms with Gasteiger partial charge in [-0.15, -0.1) is 0 Å². The van der Waals surface area contributed by atoms with Crippen LogP contribution in [-0.2, 0) is 4.79 Å². The summed E-state index contributed by atoms with van der Waals surface area (Å²) in [6.07, 6.45) is -1.36. The number of rotatable bonds is 5. The van der Waals surface area contributed by atoms with Crippen molar-refractivity contribution < 1.29 is 14.3 Å². The molecule has 3 heteroatoms.